The minimum absolute atomic E-state index is 0.0164. The number of anilines is 1. The molecule has 0 amide bonds. The molecule has 1 aliphatic heterocycles. The lowest BCUT2D eigenvalue weighted by Crippen LogP contribution is -2.43. The predicted octanol–water partition coefficient (Wildman–Crippen LogP) is 3.10. The van der Waals surface area contributed by atoms with Gasteiger partial charge < -0.3 is 10.1 Å². The number of nitrogens with zero attached hydrogens (tertiary/aromatic N) is 2. The Labute approximate surface area is 114 Å². The lowest BCUT2D eigenvalue weighted by atomic mass is 9.86. The van der Waals surface area contributed by atoms with E-state index in [-0.39, 0.29) is 5.60 Å². The van der Waals surface area contributed by atoms with Gasteiger partial charge >= 0.3 is 0 Å². The van der Waals surface area contributed by atoms with Gasteiger partial charge in [0.25, 0.3) is 0 Å². The van der Waals surface area contributed by atoms with Gasteiger partial charge in [0, 0.05) is 18.8 Å². The lowest BCUT2D eigenvalue weighted by Gasteiger charge is -2.40. The van der Waals surface area contributed by atoms with Crippen molar-refractivity contribution in [3.05, 3.63) is 23.9 Å². The van der Waals surface area contributed by atoms with Gasteiger partial charge in [0.1, 0.15) is 11.9 Å². The van der Waals surface area contributed by atoms with Crippen LogP contribution in [0.25, 0.3) is 0 Å². The molecule has 0 aromatic carbocycles. The van der Waals surface area contributed by atoms with Gasteiger partial charge in [-0.2, -0.15) is 5.26 Å². The van der Waals surface area contributed by atoms with Crippen molar-refractivity contribution in [3.8, 4) is 6.07 Å². The zero-order valence-corrected chi connectivity index (χ0v) is 11.6. The van der Waals surface area contributed by atoms with E-state index in [1.54, 1.807) is 18.3 Å². The van der Waals surface area contributed by atoms with E-state index in [0.29, 0.717) is 17.4 Å². The largest absolute Gasteiger partial charge is 0.375 e. The molecular weight excluding hydrogens is 238 g/mol. The van der Waals surface area contributed by atoms with Crippen LogP contribution in [0, 0.1) is 11.3 Å². The highest BCUT2D eigenvalue weighted by Crippen LogP contribution is 2.32. The zero-order valence-electron chi connectivity index (χ0n) is 11.6. The molecule has 1 fully saturated rings. The molecule has 4 nitrogen and oxygen atoms in total. The van der Waals surface area contributed by atoms with Gasteiger partial charge in [-0.3, -0.25) is 0 Å². The Balaban J connectivity index is 2.09. The first-order valence-electron chi connectivity index (χ1n) is 6.98. The highest BCUT2D eigenvalue weighted by atomic mass is 16.5. The van der Waals surface area contributed by atoms with Crippen molar-refractivity contribution < 1.29 is 4.74 Å². The fourth-order valence-electron chi connectivity index (χ4n) is 2.70. The summed E-state index contributed by atoms with van der Waals surface area (Å²) in [5.41, 5.74) is 0.588. The first-order chi connectivity index (χ1) is 9.23. The van der Waals surface area contributed by atoms with Crippen LogP contribution in [0.15, 0.2) is 18.3 Å². The summed E-state index contributed by atoms with van der Waals surface area (Å²) in [4.78, 5) is 4.27. The van der Waals surface area contributed by atoms with Gasteiger partial charge in [0.05, 0.1) is 11.2 Å². The molecule has 0 radical (unpaired) electrons. The lowest BCUT2D eigenvalue weighted by molar-refractivity contribution is -0.0864. The van der Waals surface area contributed by atoms with Crippen LogP contribution in [0.2, 0.25) is 0 Å². The second kappa shape index (κ2) is 6.03. The summed E-state index contributed by atoms with van der Waals surface area (Å²) in [5.74, 6) is 0.693. The minimum Gasteiger partial charge on any atom is -0.375 e. The summed E-state index contributed by atoms with van der Waals surface area (Å²) in [6.45, 7) is 5.12. The maximum atomic E-state index is 9.09. The van der Waals surface area contributed by atoms with Crippen LogP contribution >= 0.6 is 0 Å². The van der Waals surface area contributed by atoms with E-state index >= 15 is 0 Å². The highest BCUT2D eigenvalue weighted by molar-refractivity contribution is 5.51. The van der Waals surface area contributed by atoms with Crippen molar-refractivity contribution in [3.63, 3.8) is 0 Å². The normalized spacial score (nSPS) is 21.6. The van der Waals surface area contributed by atoms with Crippen LogP contribution in [0.5, 0.6) is 0 Å². The van der Waals surface area contributed by atoms with E-state index in [2.05, 4.69) is 30.2 Å². The Bertz CT molecular complexity index is 463. The summed E-state index contributed by atoms with van der Waals surface area (Å²) in [6, 6.07) is 6.09. The summed E-state index contributed by atoms with van der Waals surface area (Å²) in [5, 5.41) is 12.5. The third-order valence-electron chi connectivity index (χ3n) is 4.05. The third kappa shape index (κ3) is 3.05. The second-order valence-corrected chi connectivity index (χ2v) is 5.08. The van der Waals surface area contributed by atoms with E-state index in [4.69, 9.17) is 10.00 Å². The van der Waals surface area contributed by atoms with Gasteiger partial charge in [-0.15, -0.1) is 0 Å². The number of rotatable bonds is 4. The molecule has 102 valence electrons. The van der Waals surface area contributed by atoms with Crippen LogP contribution in [0.1, 0.15) is 45.1 Å². The van der Waals surface area contributed by atoms with Crippen molar-refractivity contribution in [2.75, 3.05) is 11.9 Å². The molecule has 0 bridgehead atoms. The predicted molar refractivity (Wildman–Crippen MR) is 74.9 cm³/mol. The van der Waals surface area contributed by atoms with E-state index < -0.39 is 0 Å². The quantitative estimate of drug-likeness (QED) is 0.902. The fourth-order valence-corrected chi connectivity index (χ4v) is 2.70. The van der Waals surface area contributed by atoms with E-state index in [1.165, 1.54) is 0 Å². The molecule has 2 heterocycles. The molecule has 1 atom stereocenters. The molecule has 0 spiro atoms. The smallest absolute Gasteiger partial charge is 0.144 e. The number of hydrogen-bond acceptors (Lipinski definition) is 4. The Hall–Kier alpha value is -1.60. The number of nitrogens with one attached hydrogen (secondary N) is 1. The van der Waals surface area contributed by atoms with Gasteiger partial charge in [-0.25, -0.2) is 4.98 Å². The maximum Gasteiger partial charge on any atom is 0.144 e. The molecule has 1 unspecified atom stereocenters. The monoisotopic (exact) mass is 259 g/mol. The summed E-state index contributed by atoms with van der Waals surface area (Å²) < 4.78 is 5.96. The van der Waals surface area contributed by atoms with Crippen molar-refractivity contribution in [1.82, 2.24) is 4.98 Å². The SMILES string of the molecule is CCC1(CC)CC(Nc2ncccc2C#N)CCO1. The first-order valence-corrected chi connectivity index (χ1v) is 6.98. The molecule has 1 aliphatic rings. The molecule has 1 N–H and O–H groups in total. The molecule has 19 heavy (non-hydrogen) atoms. The van der Waals surface area contributed by atoms with E-state index in [1.807, 2.05) is 0 Å². The number of ether oxygens (including phenoxy) is 1. The number of aromatic nitrogens is 1. The molecule has 1 aromatic rings. The zero-order chi connectivity index (χ0) is 13.7. The van der Waals surface area contributed by atoms with Crippen LogP contribution in [-0.4, -0.2) is 23.2 Å². The molecule has 0 saturated carbocycles. The van der Waals surface area contributed by atoms with Gasteiger partial charge in [-0.05, 0) is 37.8 Å². The average molecular weight is 259 g/mol. The summed E-state index contributed by atoms with van der Waals surface area (Å²) in [6.07, 6.45) is 5.70. The van der Waals surface area contributed by atoms with Crippen molar-refractivity contribution in [2.45, 2.75) is 51.2 Å². The summed E-state index contributed by atoms with van der Waals surface area (Å²) in [7, 11) is 0. The number of hydrogen-bond donors (Lipinski definition) is 1. The fraction of sp³-hybridized carbons (Fsp3) is 0.600. The van der Waals surface area contributed by atoms with Gasteiger partial charge in [0.2, 0.25) is 0 Å². The Morgan fingerprint density at radius 2 is 2.32 bits per heavy atom. The topological polar surface area (TPSA) is 57.9 Å². The van der Waals surface area contributed by atoms with Crippen molar-refractivity contribution in [1.29, 1.82) is 5.26 Å². The number of pyridine rings is 1. The molecule has 0 aliphatic carbocycles. The molecule has 1 saturated heterocycles. The Morgan fingerprint density at radius 1 is 1.53 bits per heavy atom. The second-order valence-electron chi connectivity index (χ2n) is 5.08. The average Bonchev–Trinajstić information content (AvgIpc) is 2.48. The molecule has 1 aromatic heterocycles. The third-order valence-corrected chi connectivity index (χ3v) is 4.05. The highest BCUT2D eigenvalue weighted by Gasteiger charge is 2.34. The van der Waals surface area contributed by atoms with Gasteiger partial charge in [-0.1, -0.05) is 13.8 Å². The standard InChI is InChI=1S/C15H21N3O/c1-3-15(4-2)10-13(7-9-19-15)18-14-12(11-16)6-5-8-17-14/h5-6,8,13H,3-4,7,9-10H2,1-2H3,(H,17,18). The van der Waals surface area contributed by atoms with E-state index in [9.17, 15) is 0 Å². The summed E-state index contributed by atoms with van der Waals surface area (Å²) >= 11 is 0. The van der Waals surface area contributed by atoms with Crippen molar-refractivity contribution in [2.24, 2.45) is 0 Å². The first kappa shape index (κ1) is 13.8. The van der Waals surface area contributed by atoms with Crippen LogP contribution in [0.4, 0.5) is 5.82 Å². The van der Waals surface area contributed by atoms with Crippen molar-refractivity contribution >= 4 is 5.82 Å². The Kier molecular flexibility index (Phi) is 4.39. The molecule has 4 heteroatoms. The van der Waals surface area contributed by atoms with Crippen LogP contribution < -0.4 is 5.32 Å². The maximum absolute atomic E-state index is 9.09. The molecular formula is C15H21N3O. The minimum atomic E-state index is -0.0164. The Morgan fingerprint density at radius 3 is 3.00 bits per heavy atom. The van der Waals surface area contributed by atoms with E-state index in [0.717, 1.165) is 32.3 Å². The molecule has 2 rings (SSSR count). The van der Waals surface area contributed by atoms with Crippen LogP contribution in [0.3, 0.4) is 0 Å². The number of nitriles is 1. The van der Waals surface area contributed by atoms with Crippen LogP contribution in [-0.2, 0) is 4.74 Å². The van der Waals surface area contributed by atoms with Gasteiger partial charge in [0.15, 0.2) is 0 Å².